The van der Waals surface area contributed by atoms with E-state index in [1.54, 1.807) is 24.3 Å². The molecule has 0 saturated heterocycles. The number of nitrogens with zero attached hydrogens (tertiary/aromatic N) is 4. The standard InChI is InChI=1S/C29H33N5O4/c1-17(2)33-27(37)23-13-11-20(26(36)30-21-8-6-5-7-9-21)15-24(23)34-28(33)31-32(29(34)38)16-25(35)22-12-10-18(3)14-19(22)4/h10-15,17,21H,5-9,16H2,1-4H3,(H,30,36). The molecule has 2 aromatic carbocycles. The van der Waals surface area contributed by atoms with E-state index in [2.05, 4.69) is 10.4 Å². The fraction of sp³-hybridized carbons (Fsp3) is 0.414. The van der Waals surface area contributed by atoms with E-state index in [1.807, 2.05) is 39.8 Å². The molecule has 0 aliphatic heterocycles. The van der Waals surface area contributed by atoms with Crippen LogP contribution in [-0.4, -0.2) is 36.5 Å². The van der Waals surface area contributed by atoms with Gasteiger partial charge in [-0.25, -0.2) is 13.9 Å². The highest BCUT2D eigenvalue weighted by molar-refractivity contribution is 5.98. The van der Waals surface area contributed by atoms with Crippen LogP contribution in [0.25, 0.3) is 16.7 Å². The molecule has 0 bridgehead atoms. The van der Waals surface area contributed by atoms with Crippen LogP contribution in [0.5, 0.6) is 0 Å². The first-order valence-electron chi connectivity index (χ1n) is 13.2. The SMILES string of the molecule is Cc1ccc(C(=O)Cn2nc3n(C(C)C)c(=O)c4ccc(C(=O)NC5CCCCC5)cc4n3c2=O)c(C)c1. The van der Waals surface area contributed by atoms with Crippen LogP contribution in [0.1, 0.15) is 83.8 Å². The van der Waals surface area contributed by atoms with E-state index in [9.17, 15) is 19.2 Å². The zero-order valence-electron chi connectivity index (χ0n) is 22.3. The summed E-state index contributed by atoms with van der Waals surface area (Å²) in [6.07, 6.45) is 5.26. The van der Waals surface area contributed by atoms with Crippen LogP contribution in [0.4, 0.5) is 0 Å². The van der Waals surface area contributed by atoms with Gasteiger partial charge in [0.15, 0.2) is 5.78 Å². The van der Waals surface area contributed by atoms with Crippen molar-refractivity contribution in [1.82, 2.24) is 24.1 Å². The van der Waals surface area contributed by atoms with Crippen LogP contribution >= 0.6 is 0 Å². The van der Waals surface area contributed by atoms with Gasteiger partial charge in [-0.1, -0.05) is 43.0 Å². The number of ketones is 1. The van der Waals surface area contributed by atoms with E-state index in [0.717, 1.165) is 41.5 Å². The Hall–Kier alpha value is -4.01. The second-order valence-electron chi connectivity index (χ2n) is 10.6. The molecule has 38 heavy (non-hydrogen) atoms. The summed E-state index contributed by atoms with van der Waals surface area (Å²) in [7, 11) is 0. The monoisotopic (exact) mass is 515 g/mol. The van der Waals surface area contributed by atoms with Gasteiger partial charge in [0.2, 0.25) is 5.78 Å². The van der Waals surface area contributed by atoms with E-state index >= 15 is 0 Å². The quantitative estimate of drug-likeness (QED) is 0.391. The van der Waals surface area contributed by atoms with Crippen LogP contribution in [0.3, 0.4) is 0 Å². The maximum Gasteiger partial charge on any atom is 0.352 e. The lowest BCUT2D eigenvalue weighted by Crippen LogP contribution is -2.36. The molecule has 1 amide bonds. The molecule has 0 unspecified atom stereocenters. The third kappa shape index (κ3) is 4.57. The number of fused-ring (bicyclic) bond motifs is 3. The van der Waals surface area contributed by atoms with E-state index in [1.165, 1.54) is 15.4 Å². The van der Waals surface area contributed by atoms with Crippen molar-refractivity contribution in [2.75, 3.05) is 0 Å². The summed E-state index contributed by atoms with van der Waals surface area (Å²) in [5.74, 6) is -0.338. The van der Waals surface area contributed by atoms with Crippen LogP contribution in [0.2, 0.25) is 0 Å². The number of carbonyl (C=O) groups excluding carboxylic acids is 2. The Bertz CT molecular complexity index is 1690. The number of hydrogen-bond acceptors (Lipinski definition) is 5. The molecular formula is C29H33N5O4. The molecule has 1 fully saturated rings. The number of Topliss-reactive ketones (excluding diaryl/α,β-unsaturated/α-hetero) is 1. The highest BCUT2D eigenvalue weighted by Crippen LogP contribution is 2.20. The van der Waals surface area contributed by atoms with Gasteiger partial charge in [-0.3, -0.25) is 19.0 Å². The molecular weight excluding hydrogens is 482 g/mol. The first-order valence-corrected chi connectivity index (χ1v) is 13.2. The number of benzene rings is 2. The van der Waals surface area contributed by atoms with Crippen LogP contribution < -0.4 is 16.6 Å². The number of carbonyl (C=O) groups is 2. The maximum absolute atomic E-state index is 13.6. The van der Waals surface area contributed by atoms with Crippen LogP contribution in [0, 0.1) is 13.8 Å². The van der Waals surface area contributed by atoms with Gasteiger partial charge in [0.05, 0.1) is 10.9 Å². The first kappa shape index (κ1) is 25.6. The molecule has 9 heteroatoms. The lowest BCUT2D eigenvalue weighted by atomic mass is 9.95. The van der Waals surface area contributed by atoms with Crippen molar-refractivity contribution in [2.24, 2.45) is 0 Å². The number of rotatable bonds is 6. The Balaban J connectivity index is 1.62. The number of nitrogens with one attached hydrogen (secondary N) is 1. The van der Waals surface area contributed by atoms with Crippen molar-refractivity contribution in [2.45, 2.75) is 78.4 Å². The molecule has 1 aliphatic carbocycles. The fourth-order valence-corrected chi connectivity index (χ4v) is 5.45. The first-order chi connectivity index (χ1) is 18.2. The minimum atomic E-state index is -0.539. The van der Waals surface area contributed by atoms with Crippen molar-refractivity contribution in [3.05, 3.63) is 79.5 Å². The molecule has 1 N–H and O–H groups in total. The van der Waals surface area contributed by atoms with Crippen LogP contribution in [-0.2, 0) is 6.54 Å². The zero-order chi connectivity index (χ0) is 27.1. The summed E-state index contributed by atoms with van der Waals surface area (Å²) >= 11 is 0. The predicted octanol–water partition coefficient (Wildman–Crippen LogP) is 3.95. The van der Waals surface area contributed by atoms with Gasteiger partial charge in [-0.2, -0.15) is 0 Å². The zero-order valence-corrected chi connectivity index (χ0v) is 22.3. The van der Waals surface area contributed by atoms with Crippen molar-refractivity contribution >= 4 is 28.4 Å². The average molecular weight is 516 g/mol. The Morgan fingerprint density at radius 3 is 2.45 bits per heavy atom. The third-order valence-electron chi connectivity index (χ3n) is 7.42. The average Bonchev–Trinajstić information content (AvgIpc) is 3.19. The minimum Gasteiger partial charge on any atom is -0.349 e. The molecule has 198 valence electrons. The topological polar surface area (TPSA) is 107 Å². The number of amides is 1. The fourth-order valence-electron chi connectivity index (χ4n) is 5.45. The summed E-state index contributed by atoms with van der Waals surface area (Å²) < 4.78 is 3.89. The van der Waals surface area contributed by atoms with Gasteiger partial charge in [0.25, 0.3) is 11.5 Å². The van der Waals surface area contributed by atoms with E-state index < -0.39 is 5.69 Å². The van der Waals surface area contributed by atoms with Crippen LogP contribution in [0.15, 0.2) is 46.0 Å². The molecule has 9 nitrogen and oxygen atoms in total. The van der Waals surface area contributed by atoms with Gasteiger partial charge >= 0.3 is 5.69 Å². The lowest BCUT2D eigenvalue weighted by Gasteiger charge is -2.22. The summed E-state index contributed by atoms with van der Waals surface area (Å²) in [6.45, 7) is 7.22. The van der Waals surface area contributed by atoms with E-state index in [4.69, 9.17) is 0 Å². The Morgan fingerprint density at radius 2 is 1.76 bits per heavy atom. The Kier molecular flexibility index (Phi) is 6.77. The van der Waals surface area contributed by atoms with E-state index in [-0.39, 0.29) is 41.7 Å². The maximum atomic E-state index is 13.6. The molecule has 4 aromatic rings. The molecule has 1 saturated carbocycles. The summed E-state index contributed by atoms with van der Waals surface area (Å²) in [5, 5.41) is 7.83. The normalized spacial score (nSPS) is 14.4. The van der Waals surface area contributed by atoms with Gasteiger partial charge in [0.1, 0.15) is 6.54 Å². The van der Waals surface area contributed by atoms with E-state index in [0.29, 0.717) is 22.0 Å². The minimum absolute atomic E-state index is 0.127. The van der Waals surface area contributed by atoms with Gasteiger partial charge in [-0.15, -0.1) is 5.10 Å². The molecule has 2 heterocycles. The third-order valence-corrected chi connectivity index (χ3v) is 7.42. The molecule has 0 spiro atoms. The molecule has 0 radical (unpaired) electrons. The largest absolute Gasteiger partial charge is 0.352 e. The smallest absolute Gasteiger partial charge is 0.349 e. The van der Waals surface area contributed by atoms with Crippen molar-refractivity contribution < 1.29 is 9.59 Å². The number of aryl methyl sites for hydroxylation is 2. The number of hydrogen-bond donors (Lipinski definition) is 1. The van der Waals surface area contributed by atoms with Crippen molar-refractivity contribution in [3.63, 3.8) is 0 Å². The highest BCUT2D eigenvalue weighted by Gasteiger charge is 2.23. The summed E-state index contributed by atoms with van der Waals surface area (Å²) in [4.78, 5) is 53.3. The van der Waals surface area contributed by atoms with Crippen molar-refractivity contribution in [3.8, 4) is 0 Å². The summed E-state index contributed by atoms with van der Waals surface area (Å²) in [6, 6.07) is 10.2. The second-order valence-corrected chi connectivity index (χ2v) is 10.6. The number of aromatic nitrogens is 4. The predicted molar refractivity (Wildman–Crippen MR) is 146 cm³/mol. The van der Waals surface area contributed by atoms with Gasteiger partial charge in [-0.05, 0) is 64.3 Å². The van der Waals surface area contributed by atoms with Gasteiger partial charge < -0.3 is 5.32 Å². The highest BCUT2D eigenvalue weighted by atomic mass is 16.2. The van der Waals surface area contributed by atoms with Gasteiger partial charge in [0, 0.05) is 23.2 Å². The molecule has 2 aromatic heterocycles. The molecule has 1 aliphatic rings. The van der Waals surface area contributed by atoms with Crippen molar-refractivity contribution in [1.29, 1.82) is 0 Å². The summed E-state index contributed by atoms with van der Waals surface area (Å²) in [5.41, 5.74) is 2.21. The second kappa shape index (κ2) is 10.0. The lowest BCUT2D eigenvalue weighted by molar-refractivity contribution is 0.0926. The Morgan fingerprint density at radius 1 is 1.03 bits per heavy atom. The molecule has 5 rings (SSSR count). The molecule has 0 atom stereocenters. The Labute approximate surface area is 220 Å².